The summed E-state index contributed by atoms with van der Waals surface area (Å²) in [5, 5.41) is 2.92. The number of carbonyl (C=O) groups excluding carboxylic acids is 1. The zero-order chi connectivity index (χ0) is 14.5. The summed E-state index contributed by atoms with van der Waals surface area (Å²) in [5.74, 6) is -0.0971. The maximum Gasteiger partial charge on any atom is 0.256 e. The topological polar surface area (TPSA) is 29.1 Å². The molecule has 0 aliphatic carbocycles. The summed E-state index contributed by atoms with van der Waals surface area (Å²) in [7, 11) is 0. The first-order valence-corrected chi connectivity index (χ1v) is 7.56. The largest absolute Gasteiger partial charge is 0.322 e. The van der Waals surface area contributed by atoms with E-state index in [4.69, 9.17) is 0 Å². The van der Waals surface area contributed by atoms with E-state index in [2.05, 4.69) is 40.3 Å². The third-order valence-corrected chi connectivity index (χ3v) is 3.78. The lowest BCUT2D eigenvalue weighted by Gasteiger charge is -2.08. The van der Waals surface area contributed by atoms with Crippen LogP contribution in [0, 0.1) is 6.92 Å². The van der Waals surface area contributed by atoms with Crippen molar-refractivity contribution in [3.63, 3.8) is 0 Å². The summed E-state index contributed by atoms with van der Waals surface area (Å²) >= 11 is 3.43. The van der Waals surface area contributed by atoms with Gasteiger partial charge in [0.1, 0.15) is 0 Å². The van der Waals surface area contributed by atoms with Gasteiger partial charge in [0, 0.05) is 10.2 Å². The molecule has 20 heavy (non-hydrogen) atoms. The Morgan fingerprint density at radius 1 is 1.15 bits per heavy atom. The molecule has 2 nitrogen and oxygen atoms in total. The van der Waals surface area contributed by atoms with Crippen LogP contribution in [-0.2, 0) is 6.42 Å². The van der Waals surface area contributed by atoms with E-state index in [-0.39, 0.29) is 5.91 Å². The molecule has 0 fully saturated rings. The summed E-state index contributed by atoms with van der Waals surface area (Å²) in [6, 6.07) is 13.7. The first-order valence-electron chi connectivity index (χ1n) is 6.76. The Balaban J connectivity index is 2.11. The van der Waals surface area contributed by atoms with E-state index in [1.54, 1.807) is 0 Å². The van der Waals surface area contributed by atoms with Crippen molar-refractivity contribution in [3.8, 4) is 0 Å². The first kappa shape index (κ1) is 14.8. The summed E-state index contributed by atoms with van der Waals surface area (Å²) in [4.78, 5) is 12.2. The second kappa shape index (κ2) is 6.71. The number of nitrogens with one attached hydrogen (secondary N) is 1. The Hall–Kier alpha value is -1.61. The SMILES string of the molecule is CCCc1ccc(NC(=O)c2ccc(C)cc2Br)cc1. The minimum Gasteiger partial charge on any atom is -0.322 e. The molecule has 0 aromatic heterocycles. The van der Waals surface area contributed by atoms with Crippen LogP contribution >= 0.6 is 15.9 Å². The maximum absolute atomic E-state index is 12.2. The van der Waals surface area contributed by atoms with Gasteiger partial charge >= 0.3 is 0 Å². The highest BCUT2D eigenvalue weighted by Crippen LogP contribution is 2.20. The standard InChI is InChI=1S/C17H18BrNO/c1-3-4-13-6-8-14(9-7-13)19-17(20)15-10-5-12(2)11-16(15)18/h5-11H,3-4H2,1-2H3,(H,19,20). The number of aryl methyl sites for hydroxylation is 2. The van der Waals surface area contributed by atoms with E-state index in [1.165, 1.54) is 5.56 Å². The second-order valence-corrected chi connectivity index (χ2v) is 5.74. The van der Waals surface area contributed by atoms with Crippen molar-refractivity contribution in [1.29, 1.82) is 0 Å². The molecule has 104 valence electrons. The molecule has 0 atom stereocenters. The lowest BCUT2D eigenvalue weighted by Crippen LogP contribution is -2.12. The molecule has 0 heterocycles. The van der Waals surface area contributed by atoms with Gasteiger partial charge < -0.3 is 5.32 Å². The van der Waals surface area contributed by atoms with Crippen molar-refractivity contribution in [2.75, 3.05) is 5.32 Å². The number of amides is 1. The Morgan fingerprint density at radius 2 is 1.85 bits per heavy atom. The second-order valence-electron chi connectivity index (χ2n) is 4.88. The average Bonchev–Trinajstić information content (AvgIpc) is 2.41. The van der Waals surface area contributed by atoms with Crippen molar-refractivity contribution < 1.29 is 4.79 Å². The number of hydrogen-bond donors (Lipinski definition) is 1. The molecule has 2 aromatic rings. The molecule has 0 saturated carbocycles. The lowest BCUT2D eigenvalue weighted by atomic mass is 10.1. The maximum atomic E-state index is 12.2. The highest BCUT2D eigenvalue weighted by Gasteiger charge is 2.10. The smallest absolute Gasteiger partial charge is 0.256 e. The number of benzene rings is 2. The Morgan fingerprint density at radius 3 is 2.45 bits per heavy atom. The lowest BCUT2D eigenvalue weighted by molar-refractivity contribution is 0.102. The Kier molecular flexibility index (Phi) is 4.96. The van der Waals surface area contributed by atoms with Crippen molar-refractivity contribution in [1.82, 2.24) is 0 Å². The van der Waals surface area contributed by atoms with E-state index < -0.39 is 0 Å². The van der Waals surface area contributed by atoms with E-state index in [0.29, 0.717) is 5.56 Å². The minimum absolute atomic E-state index is 0.0971. The molecule has 3 heteroatoms. The number of carbonyl (C=O) groups is 1. The predicted molar refractivity (Wildman–Crippen MR) is 87.3 cm³/mol. The van der Waals surface area contributed by atoms with Crippen molar-refractivity contribution in [2.24, 2.45) is 0 Å². The van der Waals surface area contributed by atoms with Crippen LogP contribution in [0.2, 0.25) is 0 Å². The van der Waals surface area contributed by atoms with Gasteiger partial charge in [-0.1, -0.05) is 31.5 Å². The van der Waals surface area contributed by atoms with Crippen LogP contribution in [-0.4, -0.2) is 5.91 Å². The van der Waals surface area contributed by atoms with Crippen LogP contribution in [0.25, 0.3) is 0 Å². The third-order valence-electron chi connectivity index (χ3n) is 3.12. The molecule has 0 radical (unpaired) electrons. The molecule has 0 bridgehead atoms. The van der Waals surface area contributed by atoms with E-state index in [1.807, 2.05) is 37.3 Å². The zero-order valence-corrected chi connectivity index (χ0v) is 13.3. The highest BCUT2D eigenvalue weighted by atomic mass is 79.9. The van der Waals surface area contributed by atoms with Crippen LogP contribution in [0.15, 0.2) is 46.9 Å². The van der Waals surface area contributed by atoms with Gasteiger partial charge in [-0.05, 0) is 64.7 Å². The predicted octanol–water partition coefficient (Wildman–Crippen LogP) is 4.96. The highest BCUT2D eigenvalue weighted by molar-refractivity contribution is 9.10. The molecule has 2 aromatic carbocycles. The summed E-state index contributed by atoms with van der Waals surface area (Å²) in [6.45, 7) is 4.16. The van der Waals surface area contributed by atoms with Gasteiger partial charge in [-0.15, -0.1) is 0 Å². The van der Waals surface area contributed by atoms with E-state index in [0.717, 1.165) is 28.6 Å². The molecule has 0 saturated heterocycles. The fourth-order valence-corrected chi connectivity index (χ4v) is 2.72. The number of hydrogen-bond acceptors (Lipinski definition) is 1. The summed E-state index contributed by atoms with van der Waals surface area (Å²) in [5.41, 5.74) is 3.88. The first-order chi connectivity index (χ1) is 9.60. The van der Waals surface area contributed by atoms with Gasteiger partial charge in [0.15, 0.2) is 0 Å². The van der Waals surface area contributed by atoms with Crippen LogP contribution in [0.4, 0.5) is 5.69 Å². The van der Waals surface area contributed by atoms with Gasteiger partial charge in [-0.25, -0.2) is 0 Å². The molecule has 1 amide bonds. The van der Waals surface area contributed by atoms with Crippen molar-refractivity contribution in [2.45, 2.75) is 26.7 Å². The van der Waals surface area contributed by atoms with Crippen LogP contribution in [0.5, 0.6) is 0 Å². The molecule has 0 aliphatic rings. The van der Waals surface area contributed by atoms with Crippen LogP contribution < -0.4 is 5.32 Å². The molecule has 0 aliphatic heterocycles. The Labute approximate surface area is 128 Å². The average molecular weight is 332 g/mol. The molecule has 0 unspecified atom stereocenters. The van der Waals surface area contributed by atoms with Gasteiger partial charge in [-0.2, -0.15) is 0 Å². The van der Waals surface area contributed by atoms with E-state index >= 15 is 0 Å². The normalized spacial score (nSPS) is 10.3. The number of anilines is 1. The fourth-order valence-electron chi connectivity index (χ4n) is 2.05. The van der Waals surface area contributed by atoms with Crippen molar-refractivity contribution in [3.05, 3.63) is 63.6 Å². The van der Waals surface area contributed by atoms with E-state index in [9.17, 15) is 4.79 Å². The van der Waals surface area contributed by atoms with Crippen LogP contribution in [0.3, 0.4) is 0 Å². The molecular weight excluding hydrogens is 314 g/mol. The quantitative estimate of drug-likeness (QED) is 0.842. The zero-order valence-electron chi connectivity index (χ0n) is 11.7. The van der Waals surface area contributed by atoms with Gasteiger partial charge in [-0.3, -0.25) is 4.79 Å². The van der Waals surface area contributed by atoms with Gasteiger partial charge in [0.05, 0.1) is 5.56 Å². The molecule has 1 N–H and O–H groups in total. The van der Waals surface area contributed by atoms with Crippen LogP contribution in [0.1, 0.15) is 34.8 Å². The fraction of sp³-hybridized carbons (Fsp3) is 0.235. The molecule has 0 spiro atoms. The third kappa shape index (κ3) is 3.70. The van der Waals surface area contributed by atoms with Crippen molar-refractivity contribution >= 4 is 27.5 Å². The Bertz CT molecular complexity index is 605. The van der Waals surface area contributed by atoms with Gasteiger partial charge in [0.2, 0.25) is 0 Å². The minimum atomic E-state index is -0.0971. The molecule has 2 rings (SSSR count). The monoisotopic (exact) mass is 331 g/mol. The molecular formula is C17H18BrNO. The van der Waals surface area contributed by atoms with Gasteiger partial charge in [0.25, 0.3) is 5.91 Å². The number of halogens is 1. The number of rotatable bonds is 4. The summed E-state index contributed by atoms with van der Waals surface area (Å²) in [6.07, 6.45) is 2.19. The summed E-state index contributed by atoms with van der Waals surface area (Å²) < 4.78 is 0.817.